The van der Waals surface area contributed by atoms with Gasteiger partial charge in [-0.2, -0.15) is 0 Å². The molecule has 0 atom stereocenters. The van der Waals surface area contributed by atoms with Gasteiger partial charge in [0.25, 0.3) is 11.8 Å². The lowest BCUT2D eigenvalue weighted by atomic mass is 10.1. The van der Waals surface area contributed by atoms with Gasteiger partial charge in [0.05, 0.1) is 6.26 Å². The summed E-state index contributed by atoms with van der Waals surface area (Å²) in [5.41, 5.74) is 1.13. The van der Waals surface area contributed by atoms with Gasteiger partial charge in [-0.05, 0) is 55.0 Å². The van der Waals surface area contributed by atoms with E-state index in [-0.39, 0.29) is 17.4 Å². The van der Waals surface area contributed by atoms with Gasteiger partial charge >= 0.3 is 0 Å². The molecule has 0 spiro atoms. The summed E-state index contributed by atoms with van der Waals surface area (Å²) in [6.07, 6.45) is 7.14. The summed E-state index contributed by atoms with van der Waals surface area (Å²) < 4.78 is 5.11. The van der Waals surface area contributed by atoms with Crippen LogP contribution in [-0.2, 0) is 4.79 Å². The number of hydrogen-bond acceptors (Lipinski definition) is 4. The molecule has 0 radical (unpaired) electrons. The summed E-state index contributed by atoms with van der Waals surface area (Å²) in [6, 6.07) is 11.1. The number of benzene rings is 1. The van der Waals surface area contributed by atoms with Gasteiger partial charge in [-0.3, -0.25) is 9.59 Å². The normalized spacial score (nSPS) is 14.6. The van der Waals surface area contributed by atoms with Crippen molar-refractivity contribution < 1.29 is 14.0 Å². The minimum absolute atomic E-state index is 0.161. The molecule has 0 unspecified atom stereocenters. The van der Waals surface area contributed by atoms with Gasteiger partial charge in [0.2, 0.25) is 0 Å². The van der Waals surface area contributed by atoms with Crippen LogP contribution in [0.3, 0.4) is 0 Å². The van der Waals surface area contributed by atoms with Gasteiger partial charge in [-0.1, -0.05) is 12.1 Å². The van der Waals surface area contributed by atoms with Crippen molar-refractivity contribution in [3.63, 3.8) is 0 Å². The second kappa shape index (κ2) is 8.07. The molecule has 1 fully saturated rings. The molecule has 1 aliphatic heterocycles. The highest BCUT2D eigenvalue weighted by molar-refractivity contribution is 7.98. The van der Waals surface area contributed by atoms with E-state index in [9.17, 15) is 9.59 Å². The molecule has 3 rings (SSSR count). The van der Waals surface area contributed by atoms with Crippen LogP contribution in [0.15, 0.2) is 57.7 Å². The van der Waals surface area contributed by atoms with Crippen LogP contribution in [0.2, 0.25) is 0 Å². The Morgan fingerprint density at radius 3 is 2.48 bits per heavy atom. The molecule has 1 aliphatic rings. The smallest absolute Gasteiger partial charge is 0.291 e. The Bertz CT molecular complexity index is 760. The maximum absolute atomic E-state index is 12.8. The quantitative estimate of drug-likeness (QED) is 0.659. The monoisotopic (exact) mass is 356 g/mol. The zero-order valence-corrected chi connectivity index (χ0v) is 14.8. The largest absolute Gasteiger partial charge is 0.459 e. The first-order valence-corrected chi connectivity index (χ1v) is 9.40. The molecular formula is C19H20N2O3S. The van der Waals surface area contributed by atoms with Gasteiger partial charge in [0, 0.05) is 18.0 Å². The molecule has 1 N–H and O–H groups in total. The second-order valence-corrected chi connectivity index (χ2v) is 6.64. The zero-order chi connectivity index (χ0) is 17.6. The predicted molar refractivity (Wildman–Crippen MR) is 98.2 cm³/mol. The van der Waals surface area contributed by atoms with E-state index in [2.05, 4.69) is 5.32 Å². The first-order valence-electron chi connectivity index (χ1n) is 8.17. The molecule has 1 aromatic heterocycles. The Hall–Kier alpha value is -2.47. The Labute approximate surface area is 151 Å². The number of hydrogen-bond donors (Lipinski definition) is 1. The van der Waals surface area contributed by atoms with Gasteiger partial charge in [0.1, 0.15) is 5.70 Å². The lowest BCUT2D eigenvalue weighted by Gasteiger charge is -2.18. The predicted octanol–water partition coefficient (Wildman–Crippen LogP) is 3.39. The van der Waals surface area contributed by atoms with Crippen LogP contribution in [0.25, 0.3) is 6.08 Å². The minimum Gasteiger partial charge on any atom is -0.459 e. The van der Waals surface area contributed by atoms with E-state index in [1.165, 1.54) is 6.26 Å². The van der Waals surface area contributed by atoms with Crippen LogP contribution in [-0.4, -0.2) is 36.1 Å². The summed E-state index contributed by atoms with van der Waals surface area (Å²) in [5, 5.41) is 2.71. The van der Waals surface area contributed by atoms with Crippen LogP contribution in [0, 0.1) is 0 Å². The van der Waals surface area contributed by atoms with E-state index in [0.29, 0.717) is 0 Å². The Balaban J connectivity index is 1.85. The minimum atomic E-state index is -0.426. The molecule has 2 aromatic rings. The number of amides is 2. The van der Waals surface area contributed by atoms with Crippen molar-refractivity contribution in [2.24, 2.45) is 0 Å². The summed E-state index contributed by atoms with van der Waals surface area (Å²) in [4.78, 5) is 28.0. The number of nitrogens with one attached hydrogen (secondary N) is 1. The van der Waals surface area contributed by atoms with Gasteiger partial charge < -0.3 is 14.6 Å². The molecule has 1 aromatic carbocycles. The summed E-state index contributed by atoms with van der Waals surface area (Å²) in [5.74, 6) is -0.409. The number of rotatable bonds is 5. The fourth-order valence-electron chi connectivity index (χ4n) is 2.70. The molecule has 0 bridgehead atoms. The van der Waals surface area contributed by atoms with Gasteiger partial charge in [0.15, 0.2) is 5.76 Å². The van der Waals surface area contributed by atoms with Crippen molar-refractivity contribution in [3.8, 4) is 0 Å². The fraction of sp³-hybridized carbons (Fsp3) is 0.263. The van der Waals surface area contributed by atoms with Crippen LogP contribution < -0.4 is 5.32 Å². The molecule has 5 nitrogen and oxygen atoms in total. The standard InChI is InChI=1S/C19H20N2O3S/c1-25-15-8-6-14(7-9-15)13-16(19(23)21-10-2-3-11-21)20-18(22)17-5-4-12-24-17/h4-9,12-13H,2-3,10-11H2,1H3,(H,20,22)/b16-13-. The van der Waals surface area contributed by atoms with E-state index in [1.54, 1.807) is 34.9 Å². The van der Waals surface area contributed by atoms with E-state index >= 15 is 0 Å². The highest BCUT2D eigenvalue weighted by Crippen LogP contribution is 2.18. The summed E-state index contributed by atoms with van der Waals surface area (Å²) >= 11 is 1.65. The number of thioether (sulfide) groups is 1. The van der Waals surface area contributed by atoms with E-state index in [4.69, 9.17) is 4.42 Å². The topological polar surface area (TPSA) is 62.6 Å². The maximum Gasteiger partial charge on any atom is 0.291 e. The molecule has 0 aliphatic carbocycles. The van der Waals surface area contributed by atoms with Crippen molar-refractivity contribution in [1.82, 2.24) is 10.2 Å². The maximum atomic E-state index is 12.8. The SMILES string of the molecule is CSc1ccc(/C=C(\NC(=O)c2ccco2)C(=O)N2CCCC2)cc1. The number of nitrogens with zero attached hydrogens (tertiary/aromatic N) is 1. The average molecular weight is 356 g/mol. The molecule has 2 amide bonds. The highest BCUT2D eigenvalue weighted by Gasteiger charge is 2.23. The van der Waals surface area contributed by atoms with Gasteiger partial charge in [-0.25, -0.2) is 0 Å². The fourth-order valence-corrected chi connectivity index (χ4v) is 3.11. The number of carbonyl (C=O) groups is 2. The van der Waals surface area contributed by atoms with Crippen molar-refractivity contribution in [2.45, 2.75) is 17.7 Å². The number of carbonyl (C=O) groups excluding carboxylic acids is 2. The van der Waals surface area contributed by atoms with E-state index < -0.39 is 5.91 Å². The summed E-state index contributed by atoms with van der Waals surface area (Å²) in [6.45, 7) is 1.44. The number of furan rings is 1. The third-order valence-electron chi connectivity index (χ3n) is 4.04. The molecule has 0 saturated carbocycles. The molecule has 2 heterocycles. The van der Waals surface area contributed by atoms with Crippen LogP contribution >= 0.6 is 11.8 Å². The lowest BCUT2D eigenvalue weighted by molar-refractivity contribution is -0.126. The van der Waals surface area contributed by atoms with E-state index in [0.717, 1.165) is 36.4 Å². The second-order valence-electron chi connectivity index (χ2n) is 5.76. The molecule has 6 heteroatoms. The third kappa shape index (κ3) is 4.33. The Kier molecular flexibility index (Phi) is 5.60. The van der Waals surface area contributed by atoms with Crippen molar-refractivity contribution in [2.75, 3.05) is 19.3 Å². The van der Waals surface area contributed by atoms with Crippen LogP contribution in [0.5, 0.6) is 0 Å². The lowest BCUT2D eigenvalue weighted by Crippen LogP contribution is -2.36. The first kappa shape index (κ1) is 17.4. The van der Waals surface area contributed by atoms with Crippen molar-refractivity contribution in [1.29, 1.82) is 0 Å². The highest BCUT2D eigenvalue weighted by atomic mass is 32.2. The van der Waals surface area contributed by atoms with Crippen LogP contribution in [0.4, 0.5) is 0 Å². The average Bonchev–Trinajstić information content (AvgIpc) is 3.34. The van der Waals surface area contributed by atoms with Crippen molar-refractivity contribution in [3.05, 3.63) is 59.7 Å². The third-order valence-corrected chi connectivity index (χ3v) is 4.79. The first-order chi connectivity index (χ1) is 12.2. The van der Waals surface area contributed by atoms with Crippen LogP contribution in [0.1, 0.15) is 29.0 Å². The Morgan fingerprint density at radius 1 is 1.16 bits per heavy atom. The van der Waals surface area contributed by atoms with Crippen molar-refractivity contribution >= 4 is 29.7 Å². The molecule has 130 valence electrons. The Morgan fingerprint density at radius 2 is 1.88 bits per heavy atom. The molecule has 25 heavy (non-hydrogen) atoms. The molecular weight excluding hydrogens is 336 g/mol. The molecule has 1 saturated heterocycles. The van der Waals surface area contributed by atoms with E-state index in [1.807, 2.05) is 30.5 Å². The zero-order valence-electron chi connectivity index (χ0n) is 14.0. The summed E-state index contributed by atoms with van der Waals surface area (Å²) in [7, 11) is 0. The van der Waals surface area contributed by atoms with Gasteiger partial charge in [-0.15, -0.1) is 11.8 Å². The number of likely N-dealkylation sites (tertiary alicyclic amines) is 1.